The molecule has 0 aliphatic heterocycles. The van der Waals surface area contributed by atoms with E-state index in [2.05, 4.69) is 4.98 Å². The summed E-state index contributed by atoms with van der Waals surface area (Å²) in [6, 6.07) is 9.52. The van der Waals surface area contributed by atoms with Crippen molar-refractivity contribution in [3.05, 3.63) is 65.0 Å². The Hall–Kier alpha value is -2.57. The zero-order valence-electron chi connectivity index (χ0n) is 11.2. The maximum Gasteiger partial charge on any atom is 0.416 e. The van der Waals surface area contributed by atoms with Gasteiger partial charge in [0.2, 0.25) is 5.62 Å². The van der Waals surface area contributed by atoms with Gasteiger partial charge in [-0.3, -0.25) is 5.41 Å². The van der Waals surface area contributed by atoms with Gasteiger partial charge in [0.15, 0.2) is 0 Å². The molecule has 3 rings (SSSR count). The Morgan fingerprint density at radius 2 is 1.82 bits per heavy atom. The van der Waals surface area contributed by atoms with Crippen LogP contribution in [0.15, 0.2) is 42.5 Å². The molecule has 0 spiro atoms. The Bertz CT molecular complexity index is 890. The van der Waals surface area contributed by atoms with E-state index < -0.39 is 17.6 Å². The highest BCUT2D eigenvalue weighted by atomic mass is 19.4. The van der Waals surface area contributed by atoms with Crippen LogP contribution in [-0.2, 0) is 12.7 Å². The first-order valence-electron chi connectivity index (χ1n) is 6.44. The summed E-state index contributed by atoms with van der Waals surface area (Å²) in [5.41, 5.74) is 0.147. The maximum atomic E-state index is 13.1. The highest BCUT2D eigenvalue weighted by Crippen LogP contribution is 2.33. The number of para-hydroxylation sites is 2. The van der Waals surface area contributed by atoms with E-state index in [0.29, 0.717) is 17.1 Å². The molecule has 0 amide bonds. The molecular formula is C15H11F4N3. The molecule has 2 aromatic carbocycles. The van der Waals surface area contributed by atoms with E-state index in [4.69, 9.17) is 5.41 Å². The Morgan fingerprint density at radius 1 is 1.09 bits per heavy atom. The van der Waals surface area contributed by atoms with Crippen LogP contribution in [0.3, 0.4) is 0 Å². The van der Waals surface area contributed by atoms with Crippen molar-refractivity contribution in [1.29, 1.82) is 5.41 Å². The SMILES string of the molecule is N=c1[nH]c2ccccc2n1Cc1ccc(F)cc1C(F)(F)F. The van der Waals surface area contributed by atoms with Crippen molar-refractivity contribution in [3.8, 4) is 0 Å². The van der Waals surface area contributed by atoms with E-state index in [0.717, 1.165) is 12.1 Å². The van der Waals surface area contributed by atoms with Gasteiger partial charge < -0.3 is 9.55 Å². The molecule has 3 aromatic rings. The number of benzene rings is 2. The lowest BCUT2D eigenvalue weighted by Crippen LogP contribution is -2.20. The third kappa shape index (κ3) is 2.49. The fourth-order valence-electron chi connectivity index (χ4n) is 2.42. The van der Waals surface area contributed by atoms with Gasteiger partial charge >= 0.3 is 6.18 Å². The minimum absolute atomic E-state index is 0.0151. The molecule has 0 aliphatic rings. The summed E-state index contributed by atoms with van der Waals surface area (Å²) in [5.74, 6) is -0.939. The highest BCUT2D eigenvalue weighted by molar-refractivity contribution is 5.74. The third-order valence-electron chi connectivity index (χ3n) is 3.42. The molecule has 1 aromatic heterocycles. The van der Waals surface area contributed by atoms with E-state index >= 15 is 0 Å². The Kier molecular flexibility index (Phi) is 3.27. The molecule has 0 aliphatic carbocycles. The molecule has 0 saturated heterocycles. The van der Waals surface area contributed by atoms with E-state index in [-0.39, 0.29) is 17.7 Å². The topological polar surface area (TPSA) is 44.6 Å². The van der Waals surface area contributed by atoms with Crippen LogP contribution in [0.2, 0.25) is 0 Å². The highest BCUT2D eigenvalue weighted by Gasteiger charge is 2.33. The first-order valence-corrected chi connectivity index (χ1v) is 6.44. The number of aromatic amines is 1. The number of nitrogens with one attached hydrogen (secondary N) is 2. The Balaban J connectivity index is 2.14. The van der Waals surface area contributed by atoms with Crippen molar-refractivity contribution in [3.63, 3.8) is 0 Å². The fraction of sp³-hybridized carbons (Fsp3) is 0.133. The second-order valence-corrected chi connectivity index (χ2v) is 4.88. The number of halogens is 4. The molecule has 0 atom stereocenters. The second kappa shape index (κ2) is 5.01. The summed E-state index contributed by atoms with van der Waals surface area (Å²) in [4.78, 5) is 2.79. The van der Waals surface area contributed by atoms with Gasteiger partial charge in [0.25, 0.3) is 0 Å². The molecule has 0 fully saturated rings. The first-order chi connectivity index (χ1) is 10.4. The zero-order chi connectivity index (χ0) is 15.9. The average molecular weight is 309 g/mol. The van der Waals surface area contributed by atoms with Crippen molar-refractivity contribution in [2.45, 2.75) is 12.7 Å². The number of H-pyrrole nitrogens is 1. The van der Waals surface area contributed by atoms with Crippen molar-refractivity contribution in [2.24, 2.45) is 0 Å². The first kappa shape index (κ1) is 14.4. The molecule has 0 unspecified atom stereocenters. The predicted molar refractivity (Wildman–Crippen MR) is 72.6 cm³/mol. The molecule has 0 bridgehead atoms. The molecular weight excluding hydrogens is 298 g/mol. The van der Waals surface area contributed by atoms with Gasteiger partial charge in [-0.15, -0.1) is 0 Å². The van der Waals surface area contributed by atoms with Gasteiger partial charge in [-0.2, -0.15) is 13.2 Å². The zero-order valence-corrected chi connectivity index (χ0v) is 11.2. The quantitative estimate of drug-likeness (QED) is 0.679. The predicted octanol–water partition coefficient (Wildman–Crippen LogP) is 3.66. The van der Waals surface area contributed by atoms with Crippen LogP contribution in [0.5, 0.6) is 0 Å². The molecule has 0 saturated carbocycles. The largest absolute Gasteiger partial charge is 0.416 e. The summed E-state index contributed by atoms with van der Waals surface area (Å²) in [6.07, 6.45) is -4.65. The number of fused-ring (bicyclic) bond motifs is 1. The summed E-state index contributed by atoms with van der Waals surface area (Å²) in [5, 5.41) is 7.87. The second-order valence-electron chi connectivity index (χ2n) is 4.88. The molecule has 3 nitrogen and oxygen atoms in total. The van der Waals surface area contributed by atoms with Crippen LogP contribution in [0.25, 0.3) is 11.0 Å². The number of hydrogen-bond acceptors (Lipinski definition) is 1. The Morgan fingerprint density at radius 3 is 2.55 bits per heavy atom. The van der Waals surface area contributed by atoms with E-state index in [1.54, 1.807) is 24.3 Å². The van der Waals surface area contributed by atoms with Crippen molar-refractivity contribution >= 4 is 11.0 Å². The van der Waals surface area contributed by atoms with Crippen LogP contribution in [0.1, 0.15) is 11.1 Å². The van der Waals surface area contributed by atoms with E-state index in [9.17, 15) is 17.6 Å². The maximum absolute atomic E-state index is 13.1. The van der Waals surface area contributed by atoms with E-state index in [1.807, 2.05) is 0 Å². The van der Waals surface area contributed by atoms with Crippen molar-refractivity contribution < 1.29 is 17.6 Å². The molecule has 1 heterocycles. The lowest BCUT2D eigenvalue weighted by atomic mass is 10.1. The van der Waals surface area contributed by atoms with Crippen molar-refractivity contribution in [1.82, 2.24) is 9.55 Å². The number of alkyl halides is 3. The van der Waals surface area contributed by atoms with Crippen molar-refractivity contribution in [2.75, 3.05) is 0 Å². The van der Waals surface area contributed by atoms with E-state index in [1.165, 1.54) is 4.57 Å². The van der Waals surface area contributed by atoms with Crippen LogP contribution in [0, 0.1) is 11.2 Å². The third-order valence-corrected chi connectivity index (χ3v) is 3.42. The van der Waals surface area contributed by atoms with Gasteiger partial charge in [-0.05, 0) is 29.8 Å². The number of aromatic nitrogens is 2. The van der Waals surface area contributed by atoms with Gasteiger partial charge in [0, 0.05) is 0 Å². The Labute approximate surface area is 122 Å². The minimum Gasteiger partial charge on any atom is -0.324 e. The van der Waals surface area contributed by atoms with Gasteiger partial charge in [-0.25, -0.2) is 4.39 Å². The number of nitrogens with zero attached hydrogens (tertiary/aromatic N) is 1. The smallest absolute Gasteiger partial charge is 0.324 e. The minimum atomic E-state index is -4.65. The molecule has 0 radical (unpaired) electrons. The number of rotatable bonds is 2. The standard InChI is InChI=1S/C15H11F4N3/c16-10-6-5-9(11(7-10)15(17,18)19)8-22-13-4-2-1-3-12(13)21-14(22)20/h1-7H,8H2,(H2,20,21). The van der Waals surface area contributed by atoms with Gasteiger partial charge in [0.1, 0.15) is 5.82 Å². The number of hydrogen-bond donors (Lipinski definition) is 2. The van der Waals surface area contributed by atoms with Crippen LogP contribution >= 0.6 is 0 Å². The lowest BCUT2D eigenvalue weighted by molar-refractivity contribution is -0.138. The van der Waals surface area contributed by atoms with Crippen LogP contribution in [0.4, 0.5) is 17.6 Å². The number of imidazole rings is 1. The monoisotopic (exact) mass is 309 g/mol. The van der Waals surface area contributed by atoms with Gasteiger partial charge in [-0.1, -0.05) is 18.2 Å². The van der Waals surface area contributed by atoms with Crippen LogP contribution < -0.4 is 5.62 Å². The normalized spacial score (nSPS) is 12.0. The van der Waals surface area contributed by atoms with Crippen LogP contribution in [-0.4, -0.2) is 9.55 Å². The summed E-state index contributed by atoms with van der Waals surface area (Å²) in [6.45, 7) is -0.169. The fourth-order valence-corrected chi connectivity index (χ4v) is 2.42. The molecule has 2 N–H and O–H groups in total. The summed E-state index contributed by atoms with van der Waals surface area (Å²) >= 11 is 0. The lowest BCUT2D eigenvalue weighted by Gasteiger charge is -2.14. The molecule has 22 heavy (non-hydrogen) atoms. The summed E-state index contributed by atoms with van der Waals surface area (Å²) < 4.78 is 53.7. The summed E-state index contributed by atoms with van der Waals surface area (Å²) in [7, 11) is 0. The molecule has 7 heteroatoms. The average Bonchev–Trinajstić information content (AvgIpc) is 2.76. The molecule has 114 valence electrons. The van der Waals surface area contributed by atoms with Gasteiger partial charge in [0.05, 0.1) is 23.1 Å².